The van der Waals surface area contributed by atoms with E-state index in [1.165, 1.54) is 0 Å². The Balaban J connectivity index is 2.07. The molecule has 21 heavy (non-hydrogen) atoms. The van der Waals surface area contributed by atoms with Gasteiger partial charge < -0.3 is 9.47 Å². The lowest BCUT2D eigenvalue weighted by Gasteiger charge is -2.12. The average Bonchev–Trinajstić information content (AvgIpc) is 2.55. The number of ether oxygens (including phenoxy) is 2. The summed E-state index contributed by atoms with van der Waals surface area (Å²) in [5, 5.41) is 0. The summed E-state index contributed by atoms with van der Waals surface area (Å²) < 4.78 is 11.3. The van der Waals surface area contributed by atoms with E-state index in [9.17, 15) is 0 Å². The van der Waals surface area contributed by atoms with Crippen LogP contribution in [0.1, 0.15) is 19.3 Å². The molecule has 2 aromatic carbocycles. The lowest BCUT2D eigenvalue weighted by molar-refractivity contribution is 0.306. The summed E-state index contributed by atoms with van der Waals surface area (Å²) >= 11 is 5.66. The molecule has 0 radical (unpaired) electrons. The fourth-order valence-electron chi connectivity index (χ4n) is 2.18. The average molecular weight is 305 g/mol. The van der Waals surface area contributed by atoms with Crippen LogP contribution in [0.25, 0.3) is 11.1 Å². The van der Waals surface area contributed by atoms with Crippen LogP contribution >= 0.6 is 11.6 Å². The van der Waals surface area contributed by atoms with Crippen LogP contribution < -0.4 is 9.47 Å². The second-order valence-electron chi connectivity index (χ2n) is 4.83. The molecule has 0 spiro atoms. The highest BCUT2D eigenvalue weighted by Crippen LogP contribution is 2.33. The van der Waals surface area contributed by atoms with Crippen molar-refractivity contribution in [1.29, 1.82) is 0 Å². The Morgan fingerprint density at radius 2 is 1.76 bits per heavy atom. The van der Waals surface area contributed by atoms with Gasteiger partial charge in [0.15, 0.2) is 0 Å². The Bertz CT molecular complexity index is 540. The highest BCUT2D eigenvalue weighted by atomic mass is 35.5. The Kier molecular flexibility index (Phi) is 6.42. The lowest BCUT2D eigenvalue weighted by Crippen LogP contribution is -1.98. The molecule has 2 nitrogen and oxygen atoms in total. The van der Waals surface area contributed by atoms with E-state index in [4.69, 9.17) is 21.1 Å². The lowest BCUT2D eigenvalue weighted by atomic mass is 10.0. The monoisotopic (exact) mass is 304 g/mol. The first-order valence-corrected chi connectivity index (χ1v) is 7.81. The molecule has 3 heteroatoms. The predicted octanol–water partition coefficient (Wildman–Crippen LogP) is 5.15. The van der Waals surface area contributed by atoms with E-state index in [-0.39, 0.29) is 0 Å². The van der Waals surface area contributed by atoms with Gasteiger partial charge in [-0.1, -0.05) is 30.3 Å². The smallest absolute Gasteiger partial charge is 0.126 e. The maximum atomic E-state index is 5.82. The van der Waals surface area contributed by atoms with E-state index in [2.05, 4.69) is 12.1 Å². The van der Waals surface area contributed by atoms with Crippen LogP contribution in [0.5, 0.6) is 11.5 Å². The molecule has 0 saturated heterocycles. The van der Waals surface area contributed by atoms with Crippen molar-refractivity contribution in [1.82, 2.24) is 0 Å². The highest BCUT2D eigenvalue weighted by molar-refractivity contribution is 6.17. The van der Waals surface area contributed by atoms with Gasteiger partial charge in [0.25, 0.3) is 0 Å². The second kappa shape index (κ2) is 8.58. The van der Waals surface area contributed by atoms with Gasteiger partial charge in [0, 0.05) is 11.4 Å². The number of halogens is 1. The van der Waals surface area contributed by atoms with Gasteiger partial charge in [-0.3, -0.25) is 0 Å². The van der Waals surface area contributed by atoms with Crippen molar-refractivity contribution < 1.29 is 9.47 Å². The quantitative estimate of drug-likeness (QED) is 0.496. The number of hydrogen-bond acceptors (Lipinski definition) is 2. The zero-order valence-electron chi connectivity index (χ0n) is 12.3. The topological polar surface area (TPSA) is 18.5 Å². The summed E-state index contributed by atoms with van der Waals surface area (Å²) in [5.74, 6) is 2.46. The minimum atomic E-state index is 0.720. The minimum Gasteiger partial charge on any atom is -0.496 e. The molecular weight excluding hydrogens is 284 g/mol. The van der Waals surface area contributed by atoms with Crippen LogP contribution in [0.3, 0.4) is 0 Å². The van der Waals surface area contributed by atoms with Crippen molar-refractivity contribution >= 4 is 11.6 Å². The summed E-state index contributed by atoms with van der Waals surface area (Å²) in [4.78, 5) is 0. The summed E-state index contributed by atoms with van der Waals surface area (Å²) in [7, 11) is 1.69. The zero-order valence-corrected chi connectivity index (χ0v) is 13.1. The molecule has 0 aromatic heterocycles. The van der Waals surface area contributed by atoms with Crippen molar-refractivity contribution in [2.45, 2.75) is 19.3 Å². The molecular formula is C18H21ClO2. The summed E-state index contributed by atoms with van der Waals surface area (Å²) in [6.07, 6.45) is 3.17. The fourth-order valence-corrected chi connectivity index (χ4v) is 2.37. The second-order valence-corrected chi connectivity index (χ2v) is 5.20. The summed E-state index contributed by atoms with van der Waals surface area (Å²) in [6.45, 7) is 0.720. The van der Waals surface area contributed by atoms with Crippen LogP contribution in [0, 0.1) is 0 Å². The van der Waals surface area contributed by atoms with Crippen molar-refractivity contribution in [3.05, 3.63) is 48.5 Å². The van der Waals surface area contributed by atoms with Gasteiger partial charge in [0.1, 0.15) is 11.5 Å². The van der Waals surface area contributed by atoms with Gasteiger partial charge in [-0.2, -0.15) is 0 Å². The van der Waals surface area contributed by atoms with Crippen LogP contribution in [-0.2, 0) is 0 Å². The van der Waals surface area contributed by atoms with Crippen LogP contribution in [-0.4, -0.2) is 19.6 Å². The van der Waals surface area contributed by atoms with E-state index < -0.39 is 0 Å². The molecule has 112 valence electrons. The normalized spacial score (nSPS) is 10.4. The maximum absolute atomic E-state index is 5.82. The van der Waals surface area contributed by atoms with E-state index in [1.54, 1.807) is 7.11 Å². The fraction of sp³-hybridized carbons (Fsp3) is 0.333. The Labute approximate surface area is 131 Å². The van der Waals surface area contributed by atoms with E-state index in [1.807, 2.05) is 36.4 Å². The molecule has 0 saturated carbocycles. The molecule has 0 bridgehead atoms. The van der Waals surface area contributed by atoms with Gasteiger partial charge >= 0.3 is 0 Å². The Morgan fingerprint density at radius 3 is 2.48 bits per heavy atom. The number of methoxy groups -OCH3 is 1. The molecule has 0 aliphatic carbocycles. The van der Waals surface area contributed by atoms with Crippen molar-refractivity contribution in [2.75, 3.05) is 19.6 Å². The van der Waals surface area contributed by atoms with Gasteiger partial charge in [-0.05, 0) is 43.0 Å². The van der Waals surface area contributed by atoms with Gasteiger partial charge in [0.2, 0.25) is 0 Å². The maximum Gasteiger partial charge on any atom is 0.126 e. The molecule has 0 aliphatic heterocycles. The third-order valence-electron chi connectivity index (χ3n) is 3.30. The van der Waals surface area contributed by atoms with Gasteiger partial charge in [0.05, 0.1) is 13.7 Å². The summed E-state index contributed by atoms with van der Waals surface area (Å²) in [5.41, 5.74) is 2.18. The van der Waals surface area contributed by atoms with E-state index >= 15 is 0 Å². The molecule has 0 heterocycles. The van der Waals surface area contributed by atoms with Crippen LogP contribution in [0.4, 0.5) is 0 Å². The standard InChI is InChI=1S/C18H21ClO2/c1-20-18-11-10-16(21-13-7-3-6-12-19)14-17(18)15-8-4-2-5-9-15/h2,4-5,8-11,14H,3,6-7,12-13H2,1H3. The molecule has 0 amide bonds. The SMILES string of the molecule is COc1ccc(OCCCCCCl)cc1-c1ccccc1. The molecule has 0 fully saturated rings. The first-order valence-electron chi connectivity index (χ1n) is 7.27. The highest BCUT2D eigenvalue weighted by Gasteiger charge is 2.07. The number of rotatable bonds is 8. The van der Waals surface area contributed by atoms with Crippen molar-refractivity contribution in [2.24, 2.45) is 0 Å². The minimum absolute atomic E-state index is 0.720. The van der Waals surface area contributed by atoms with Gasteiger partial charge in [-0.25, -0.2) is 0 Å². The zero-order chi connectivity index (χ0) is 14.9. The molecule has 2 aromatic rings. The first kappa shape index (κ1) is 15.7. The third-order valence-corrected chi connectivity index (χ3v) is 3.57. The van der Waals surface area contributed by atoms with E-state index in [0.29, 0.717) is 0 Å². The van der Waals surface area contributed by atoms with Crippen LogP contribution in [0.15, 0.2) is 48.5 Å². The molecule has 0 N–H and O–H groups in total. The van der Waals surface area contributed by atoms with Crippen molar-refractivity contribution in [3.8, 4) is 22.6 Å². The Morgan fingerprint density at radius 1 is 0.952 bits per heavy atom. The molecule has 0 aliphatic rings. The number of alkyl halides is 1. The van der Waals surface area contributed by atoms with Gasteiger partial charge in [-0.15, -0.1) is 11.6 Å². The third kappa shape index (κ3) is 4.68. The van der Waals surface area contributed by atoms with E-state index in [0.717, 1.165) is 54.4 Å². The largest absolute Gasteiger partial charge is 0.496 e. The van der Waals surface area contributed by atoms with Crippen molar-refractivity contribution in [3.63, 3.8) is 0 Å². The molecule has 0 unspecified atom stereocenters. The predicted molar refractivity (Wildman–Crippen MR) is 88.5 cm³/mol. The first-order chi connectivity index (χ1) is 10.3. The molecule has 0 atom stereocenters. The number of unbranched alkanes of at least 4 members (excludes halogenated alkanes) is 2. The number of hydrogen-bond donors (Lipinski definition) is 0. The van der Waals surface area contributed by atoms with Crippen LogP contribution in [0.2, 0.25) is 0 Å². The molecule has 2 rings (SSSR count). The Hall–Kier alpha value is -1.67. The summed E-state index contributed by atoms with van der Waals surface area (Å²) in [6, 6.07) is 16.1. The number of benzene rings is 2.